The van der Waals surface area contributed by atoms with E-state index in [2.05, 4.69) is 0 Å². The summed E-state index contributed by atoms with van der Waals surface area (Å²) >= 11 is 1.38. The second-order valence-electron chi connectivity index (χ2n) is 5.81. The summed E-state index contributed by atoms with van der Waals surface area (Å²) in [5.74, 6) is -1.35. The lowest BCUT2D eigenvalue weighted by Crippen LogP contribution is -2.59. The van der Waals surface area contributed by atoms with Gasteiger partial charge in [0, 0.05) is 61.9 Å². The molecule has 5 heteroatoms. The van der Waals surface area contributed by atoms with Gasteiger partial charge in [0.25, 0.3) is 0 Å². The zero-order valence-corrected chi connectivity index (χ0v) is 15.2. The fourth-order valence-electron chi connectivity index (χ4n) is 2.95. The van der Waals surface area contributed by atoms with Gasteiger partial charge in [-0.25, -0.2) is 0 Å². The fourth-order valence-corrected chi connectivity index (χ4v) is 3.58. The largest absolute Gasteiger partial charge is 0.358 e. The number of methoxy groups -OCH3 is 1. The number of amides is 1. The fraction of sp³-hybridized carbons (Fsp3) is 0.476. The Labute approximate surface area is 177 Å². The summed E-state index contributed by atoms with van der Waals surface area (Å²) in [5, 5.41) is 1.82. The summed E-state index contributed by atoms with van der Waals surface area (Å²) < 4.78 is 103. The molecule has 0 unspecified atom stereocenters. The van der Waals surface area contributed by atoms with E-state index in [1.54, 1.807) is 12.1 Å². The van der Waals surface area contributed by atoms with Crippen LogP contribution in [0.1, 0.15) is 47.5 Å². The van der Waals surface area contributed by atoms with Crippen LogP contribution in [0.4, 0.5) is 5.69 Å². The van der Waals surface area contributed by atoms with Crippen LogP contribution in [-0.2, 0) is 16.0 Å². The van der Waals surface area contributed by atoms with E-state index in [1.165, 1.54) is 16.2 Å². The van der Waals surface area contributed by atoms with Crippen molar-refractivity contribution in [3.63, 3.8) is 0 Å². The van der Waals surface area contributed by atoms with E-state index in [-0.39, 0.29) is 32.4 Å². The third-order valence-corrected chi connectivity index (χ3v) is 5.20. The highest BCUT2D eigenvalue weighted by atomic mass is 32.1. The van der Waals surface area contributed by atoms with Gasteiger partial charge in [-0.3, -0.25) is 9.69 Å². The molecule has 0 N–H and O–H groups in total. The first-order valence-corrected chi connectivity index (χ1v) is 9.08. The number of thiophene rings is 1. The third-order valence-electron chi connectivity index (χ3n) is 4.33. The predicted molar refractivity (Wildman–Crippen MR) is 108 cm³/mol. The molecule has 26 heavy (non-hydrogen) atoms. The highest BCUT2D eigenvalue weighted by Crippen LogP contribution is 2.34. The average Bonchev–Trinajstić information content (AvgIpc) is 3.29. The van der Waals surface area contributed by atoms with Gasteiger partial charge in [-0.1, -0.05) is 31.1 Å². The first-order chi connectivity index (χ1) is 17.3. The summed E-state index contributed by atoms with van der Waals surface area (Å²) in [6.45, 7) is -1.18. The maximum Gasteiger partial charge on any atom is 0.229 e. The van der Waals surface area contributed by atoms with Crippen molar-refractivity contribution in [2.24, 2.45) is 0 Å². The minimum atomic E-state index is -3.12. The number of benzene rings is 1. The van der Waals surface area contributed by atoms with Crippen LogP contribution >= 0.6 is 11.3 Å². The van der Waals surface area contributed by atoms with E-state index >= 15 is 0 Å². The Balaban J connectivity index is 2.14. The van der Waals surface area contributed by atoms with Gasteiger partial charge in [-0.05, 0) is 30.0 Å². The Morgan fingerprint density at radius 1 is 1.42 bits per heavy atom. The molecule has 1 aliphatic heterocycles. The van der Waals surface area contributed by atoms with Crippen LogP contribution in [0, 0.1) is 0 Å². The second kappa shape index (κ2) is 8.80. The molecule has 0 bridgehead atoms. The van der Waals surface area contributed by atoms with Gasteiger partial charge < -0.3 is 9.64 Å². The highest BCUT2D eigenvalue weighted by molar-refractivity contribution is 7.09. The topological polar surface area (TPSA) is 32.8 Å². The lowest BCUT2D eigenvalue weighted by molar-refractivity contribution is -0.128. The van der Waals surface area contributed by atoms with E-state index in [1.807, 2.05) is 5.38 Å². The number of hydrogen-bond acceptors (Lipinski definition) is 4. The highest BCUT2D eigenvalue weighted by Gasteiger charge is 2.42. The zero-order chi connectivity index (χ0) is 28.8. The van der Waals surface area contributed by atoms with E-state index in [0.717, 1.165) is 11.8 Å². The summed E-state index contributed by atoms with van der Waals surface area (Å²) in [6, 6.07) is -0.373. The molecule has 1 aromatic heterocycles. The van der Waals surface area contributed by atoms with Gasteiger partial charge >= 0.3 is 0 Å². The van der Waals surface area contributed by atoms with Gasteiger partial charge in [0.1, 0.15) is 5.72 Å². The standard InChI is InChI=1S/C21H28N2O2S/c1-3-20(24)23(18-8-5-4-6-9-18)21(25-2)12-15-22(16-13-21)14-11-19-10-7-17-26-19/h4-10,17H,3,11-16H2,1-2H3/i2D3,3D2,4D,5D,6D,8D,9D,14D2. The summed E-state index contributed by atoms with van der Waals surface area (Å²) in [7, 11) is -3.12. The van der Waals surface area contributed by atoms with Crippen molar-refractivity contribution in [1.29, 1.82) is 0 Å². The molecular formula is C21H28N2O2S. The van der Waals surface area contributed by atoms with Crippen molar-refractivity contribution >= 4 is 22.9 Å². The van der Waals surface area contributed by atoms with Crippen LogP contribution in [0.5, 0.6) is 0 Å². The van der Waals surface area contributed by atoms with Crippen molar-refractivity contribution in [2.75, 3.05) is 31.5 Å². The number of carbonyl (C=O) groups is 1. The van der Waals surface area contributed by atoms with Crippen molar-refractivity contribution in [3.05, 3.63) is 52.6 Å². The maximum atomic E-state index is 13.5. The molecule has 140 valence electrons. The van der Waals surface area contributed by atoms with E-state index in [4.69, 9.17) is 21.2 Å². The summed E-state index contributed by atoms with van der Waals surface area (Å²) in [5.41, 5.74) is -2.86. The van der Waals surface area contributed by atoms with Crippen LogP contribution in [0.3, 0.4) is 0 Å². The van der Waals surface area contributed by atoms with Gasteiger partial charge in [0.15, 0.2) is 0 Å². The van der Waals surface area contributed by atoms with E-state index < -0.39 is 67.4 Å². The van der Waals surface area contributed by atoms with Crippen molar-refractivity contribution in [3.8, 4) is 0 Å². The summed E-state index contributed by atoms with van der Waals surface area (Å²) in [4.78, 5) is 16.3. The molecule has 1 amide bonds. The predicted octanol–water partition coefficient (Wildman–Crippen LogP) is 4.17. The number of likely N-dealkylation sites (tertiary alicyclic amines) is 1. The number of anilines is 1. The quantitative estimate of drug-likeness (QED) is 0.672. The number of hydrogen-bond donors (Lipinski definition) is 0. The second-order valence-corrected chi connectivity index (χ2v) is 6.85. The first kappa shape index (κ1) is 9.00. The Bertz CT molecular complexity index is 1140. The molecule has 0 radical (unpaired) electrons. The number of aryl methyl sites for hydroxylation is 1. The van der Waals surface area contributed by atoms with Crippen molar-refractivity contribution < 1.29 is 26.0 Å². The number of para-hydroxylation sites is 1. The Hall–Kier alpha value is -1.69. The normalized spacial score (nSPS) is 25.4. The lowest BCUT2D eigenvalue weighted by Gasteiger charge is -2.47. The monoisotopic (exact) mass is 384 g/mol. The van der Waals surface area contributed by atoms with Crippen LogP contribution in [-0.4, -0.2) is 43.2 Å². The van der Waals surface area contributed by atoms with Crippen molar-refractivity contribution in [2.45, 2.75) is 38.3 Å². The van der Waals surface area contributed by atoms with Gasteiger partial charge in [0.2, 0.25) is 5.91 Å². The maximum absolute atomic E-state index is 13.5. The molecule has 0 aliphatic carbocycles. The number of ether oxygens (including phenoxy) is 1. The van der Waals surface area contributed by atoms with Crippen LogP contribution in [0.15, 0.2) is 47.7 Å². The molecule has 1 aromatic carbocycles. The molecule has 0 atom stereocenters. The number of nitrogens with zero attached hydrogens (tertiary/aromatic N) is 2. The Morgan fingerprint density at radius 2 is 2.19 bits per heavy atom. The molecular weight excluding hydrogens is 344 g/mol. The van der Waals surface area contributed by atoms with E-state index in [0.29, 0.717) is 4.90 Å². The molecule has 2 aromatic rings. The molecule has 3 rings (SSSR count). The SMILES string of the molecule is [2H]c1c([2H])c([2H])c(N(C(=O)C([2H])([2H])C)C2(OC([2H])([2H])[2H])CCN(C([2H])([2H])Cc3cccs3)CC2)c([2H])c1[2H]. The minimum absolute atomic E-state index is 0.0566. The lowest BCUT2D eigenvalue weighted by atomic mass is 9.96. The summed E-state index contributed by atoms with van der Waals surface area (Å²) in [6.07, 6.45) is -3.25. The Kier molecular flexibility index (Phi) is 3.05. The minimum Gasteiger partial charge on any atom is -0.358 e. The molecule has 1 saturated heterocycles. The molecule has 4 nitrogen and oxygen atoms in total. The number of carbonyl (C=O) groups excluding carboxylic acids is 1. The average molecular weight is 385 g/mol. The van der Waals surface area contributed by atoms with E-state index in [9.17, 15) is 4.79 Å². The van der Waals surface area contributed by atoms with Crippen LogP contribution in [0.25, 0.3) is 0 Å². The number of rotatable bonds is 7. The molecule has 2 heterocycles. The van der Waals surface area contributed by atoms with Crippen LogP contribution in [0.2, 0.25) is 0 Å². The number of piperidine rings is 1. The zero-order valence-electron chi connectivity index (χ0n) is 26.4. The molecule has 0 spiro atoms. The smallest absolute Gasteiger partial charge is 0.229 e. The molecule has 1 aliphatic rings. The molecule has 1 fully saturated rings. The van der Waals surface area contributed by atoms with Crippen LogP contribution < -0.4 is 4.90 Å². The van der Waals surface area contributed by atoms with Gasteiger partial charge in [0.05, 0.1) is 11.0 Å². The Morgan fingerprint density at radius 3 is 2.81 bits per heavy atom. The van der Waals surface area contributed by atoms with Crippen molar-refractivity contribution in [1.82, 2.24) is 4.90 Å². The van der Waals surface area contributed by atoms with Gasteiger partial charge in [-0.15, -0.1) is 11.3 Å². The first-order valence-electron chi connectivity index (χ1n) is 14.2. The third kappa shape index (κ3) is 4.17. The van der Waals surface area contributed by atoms with Gasteiger partial charge in [-0.2, -0.15) is 0 Å². The molecule has 0 saturated carbocycles.